The summed E-state index contributed by atoms with van der Waals surface area (Å²) < 4.78 is 0. The fourth-order valence-electron chi connectivity index (χ4n) is 3.49. The van der Waals surface area contributed by atoms with Crippen LogP contribution in [0.25, 0.3) is 0 Å². The van der Waals surface area contributed by atoms with Gasteiger partial charge in [-0.25, -0.2) is 19.7 Å². The van der Waals surface area contributed by atoms with E-state index in [0.29, 0.717) is 27.4 Å². The van der Waals surface area contributed by atoms with Crippen molar-refractivity contribution in [2.45, 2.75) is 27.6 Å². The summed E-state index contributed by atoms with van der Waals surface area (Å²) in [6, 6.07) is 3.57. The average Bonchev–Trinajstić information content (AvgIpc) is 2.86. The zero-order valence-corrected chi connectivity index (χ0v) is 20.9. The van der Waals surface area contributed by atoms with Gasteiger partial charge in [-0.2, -0.15) is 0 Å². The Kier molecular flexibility index (Phi) is 8.07. The van der Waals surface area contributed by atoms with Crippen LogP contribution in [0.4, 0.5) is 5.82 Å². The molecule has 13 nitrogen and oxygen atoms in total. The first-order valence-corrected chi connectivity index (χ1v) is 13.3. The number of aliphatic carboxylic acids is 1. The van der Waals surface area contributed by atoms with Gasteiger partial charge in [-0.3, -0.25) is 14.5 Å². The third-order valence-corrected chi connectivity index (χ3v) is 8.42. The van der Waals surface area contributed by atoms with Crippen molar-refractivity contribution in [1.82, 2.24) is 25.2 Å². The summed E-state index contributed by atoms with van der Waals surface area (Å²) in [6.07, 6.45) is 1.57. The van der Waals surface area contributed by atoms with Crippen molar-refractivity contribution in [3.63, 3.8) is 0 Å². The largest absolute Gasteiger partial charge is 0.477 e. The van der Waals surface area contributed by atoms with Crippen molar-refractivity contribution in [1.29, 1.82) is 0 Å². The van der Waals surface area contributed by atoms with Gasteiger partial charge < -0.3 is 21.9 Å². The summed E-state index contributed by atoms with van der Waals surface area (Å²) in [4.78, 5) is 63.2. The van der Waals surface area contributed by atoms with E-state index in [-0.39, 0.29) is 23.0 Å². The molecule has 3 atom stereocenters. The van der Waals surface area contributed by atoms with Crippen LogP contribution in [0.5, 0.6) is 0 Å². The molecule has 0 radical (unpaired) electrons. The number of hydrogen-bond acceptors (Lipinski definition) is 13. The maximum atomic E-state index is 12.9. The number of carboxylic acid groups (broad SMARTS) is 1. The lowest BCUT2D eigenvalue weighted by Crippen LogP contribution is -2.70. The number of hydrogen-bond donors (Lipinski definition) is 4. The van der Waals surface area contributed by atoms with Gasteiger partial charge in [0, 0.05) is 29.2 Å². The Bertz CT molecular complexity index is 1250. The fraction of sp³-hybridized carbons (Fsp3) is 0.300. The highest BCUT2D eigenvalue weighted by molar-refractivity contribution is 8.06. The molecule has 1 saturated heterocycles. The minimum atomic E-state index is -1.51. The van der Waals surface area contributed by atoms with Crippen LogP contribution in [0.2, 0.25) is 0 Å². The van der Waals surface area contributed by atoms with Gasteiger partial charge in [0.25, 0.3) is 11.8 Å². The topological polar surface area (TPSA) is 207 Å². The first-order valence-electron chi connectivity index (χ1n) is 10.4. The molecule has 2 aromatic rings. The van der Waals surface area contributed by atoms with E-state index < -0.39 is 35.2 Å². The third-order valence-electron chi connectivity index (χ3n) is 5.04. The number of nitrogens with two attached hydrogens (primary N) is 2. The van der Waals surface area contributed by atoms with Gasteiger partial charge in [0.15, 0.2) is 5.16 Å². The van der Waals surface area contributed by atoms with E-state index in [2.05, 4.69) is 25.4 Å². The monoisotopic (exact) mass is 548 g/mol. The van der Waals surface area contributed by atoms with Crippen molar-refractivity contribution in [3.8, 4) is 0 Å². The molecule has 4 rings (SSSR count). The number of nitroso groups, excluding NO2 is 1. The molecule has 1 unspecified atom stereocenters. The van der Waals surface area contributed by atoms with E-state index in [1.54, 1.807) is 12.3 Å². The SMILES string of the molecule is NCCSc1nccc(SC2=C(C(=O)O)N3C(=O)[C@@H](NC(=O)C(N=O)c4cccc(N)n4)[C@@H]3SC2)n1. The fourth-order valence-corrected chi connectivity index (χ4v) is 6.57. The minimum Gasteiger partial charge on any atom is -0.477 e. The Hall–Kier alpha value is -3.21. The lowest BCUT2D eigenvalue weighted by Gasteiger charge is -2.49. The molecular weight excluding hydrogens is 528 g/mol. The number of pyridine rings is 1. The van der Waals surface area contributed by atoms with Crippen molar-refractivity contribution in [2.24, 2.45) is 10.9 Å². The van der Waals surface area contributed by atoms with Crippen LogP contribution < -0.4 is 16.8 Å². The zero-order valence-electron chi connectivity index (χ0n) is 18.4. The summed E-state index contributed by atoms with van der Waals surface area (Å²) in [5.74, 6) is -1.69. The van der Waals surface area contributed by atoms with E-state index in [9.17, 15) is 24.4 Å². The Morgan fingerprint density at radius 3 is 2.83 bits per heavy atom. The number of carbonyl (C=O) groups excluding carboxylic acids is 2. The van der Waals surface area contributed by atoms with Gasteiger partial charge >= 0.3 is 5.97 Å². The van der Waals surface area contributed by atoms with Crippen molar-refractivity contribution in [3.05, 3.63) is 51.7 Å². The van der Waals surface area contributed by atoms with Crippen LogP contribution in [-0.2, 0) is 14.4 Å². The number of carbonyl (C=O) groups is 3. The number of anilines is 1. The molecule has 16 heteroatoms. The second-order valence-corrected chi connectivity index (χ2v) is 10.7. The number of nitrogen functional groups attached to an aromatic ring is 1. The van der Waals surface area contributed by atoms with Crippen LogP contribution in [-0.4, -0.2) is 72.2 Å². The van der Waals surface area contributed by atoms with Gasteiger partial charge in [-0.05, 0) is 23.4 Å². The number of rotatable bonds is 10. The van der Waals surface area contributed by atoms with Crippen molar-refractivity contribution < 1.29 is 19.5 Å². The molecule has 6 N–H and O–H groups in total. The highest BCUT2D eigenvalue weighted by Gasteiger charge is 2.54. The van der Waals surface area contributed by atoms with E-state index in [0.717, 1.165) is 16.7 Å². The van der Waals surface area contributed by atoms with E-state index in [1.165, 1.54) is 41.7 Å². The molecule has 0 aliphatic carbocycles. The summed E-state index contributed by atoms with van der Waals surface area (Å²) >= 11 is 3.81. The molecule has 0 aromatic carbocycles. The maximum Gasteiger partial charge on any atom is 0.353 e. The molecule has 0 spiro atoms. The average molecular weight is 549 g/mol. The van der Waals surface area contributed by atoms with Gasteiger partial charge in [-0.15, -0.1) is 16.7 Å². The van der Waals surface area contributed by atoms with Crippen LogP contribution in [0.15, 0.2) is 56.4 Å². The lowest BCUT2D eigenvalue weighted by atomic mass is 10.0. The van der Waals surface area contributed by atoms with Gasteiger partial charge in [0.1, 0.15) is 28.0 Å². The van der Waals surface area contributed by atoms with E-state index >= 15 is 0 Å². The highest BCUT2D eigenvalue weighted by Crippen LogP contribution is 2.45. The number of nitrogens with zero attached hydrogens (tertiary/aromatic N) is 5. The maximum absolute atomic E-state index is 12.9. The Morgan fingerprint density at radius 1 is 1.33 bits per heavy atom. The van der Waals surface area contributed by atoms with Crippen LogP contribution >= 0.6 is 35.3 Å². The molecule has 2 amide bonds. The molecule has 2 aromatic heterocycles. The quantitative estimate of drug-likeness (QED) is 0.107. The number of β-lactam (4-membered cyclic amide) rings is 1. The van der Waals surface area contributed by atoms with Gasteiger partial charge in [-0.1, -0.05) is 29.6 Å². The highest BCUT2D eigenvalue weighted by atomic mass is 32.2. The predicted molar refractivity (Wildman–Crippen MR) is 135 cm³/mol. The van der Waals surface area contributed by atoms with E-state index in [1.807, 2.05) is 0 Å². The molecule has 36 heavy (non-hydrogen) atoms. The van der Waals surface area contributed by atoms with Gasteiger partial charge in [0.2, 0.25) is 6.04 Å². The molecule has 0 bridgehead atoms. The van der Waals surface area contributed by atoms with Crippen LogP contribution in [0.3, 0.4) is 0 Å². The van der Waals surface area contributed by atoms with Crippen LogP contribution in [0, 0.1) is 4.91 Å². The molecule has 188 valence electrons. The second kappa shape index (κ2) is 11.2. The first kappa shape index (κ1) is 25.9. The molecule has 1 fully saturated rings. The number of nitrogens with one attached hydrogen (secondary N) is 1. The second-order valence-electron chi connectivity index (χ2n) is 7.38. The summed E-state index contributed by atoms with van der Waals surface area (Å²) in [7, 11) is 0. The third kappa shape index (κ3) is 5.30. The number of thioether (sulfide) groups is 3. The standard InChI is InChI=1S/C20H20N8O5S3/c21-5-7-34-20-23-6-4-12(25-20)36-10-8-35-18-14(17(30)28(18)15(10)19(31)32)26-16(29)13(27-33)9-2-1-3-11(22)24-9/h1-4,6,13-14,18H,5,7-8,21H2,(H2,22,24)(H,26,29)(H,31,32)/t13?,14-,18+/m1/s1. The van der Waals surface area contributed by atoms with Gasteiger partial charge in [0.05, 0.1) is 5.69 Å². The molecule has 0 saturated carbocycles. The van der Waals surface area contributed by atoms with Crippen LogP contribution in [0.1, 0.15) is 11.7 Å². The Balaban J connectivity index is 1.50. The Labute approximate surface area is 217 Å². The summed E-state index contributed by atoms with van der Waals surface area (Å²) in [6.45, 7) is 0.464. The predicted octanol–water partition coefficient (Wildman–Crippen LogP) is 0.800. The number of fused-ring (bicyclic) bond motifs is 1. The smallest absolute Gasteiger partial charge is 0.353 e. The molecule has 4 heterocycles. The Morgan fingerprint density at radius 2 is 2.14 bits per heavy atom. The molecule has 2 aliphatic rings. The van der Waals surface area contributed by atoms with E-state index in [4.69, 9.17) is 11.5 Å². The zero-order chi connectivity index (χ0) is 25.8. The molecular formula is C20H20N8O5S3. The normalized spacial score (nSPS) is 19.8. The number of amides is 2. The summed E-state index contributed by atoms with van der Waals surface area (Å²) in [5.41, 5.74) is 11.0. The minimum absolute atomic E-state index is 0.0427. The molecule has 2 aliphatic heterocycles. The lowest BCUT2D eigenvalue weighted by molar-refractivity contribution is -0.150. The number of carboxylic acids is 1. The first-order chi connectivity index (χ1) is 17.3. The summed E-state index contributed by atoms with van der Waals surface area (Å²) in [5, 5.41) is 15.6. The van der Waals surface area contributed by atoms with Crippen molar-refractivity contribution >= 4 is 58.9 Å². The van der Waals surface area contributed by atoms with Crippen molar-refractivity contribution in [2.75, 3.05) is 23.8 Å². The number of aromatic nitrogens is 3.